The Hall–Kier alpha value is -1.16. The third-order valence-corrected chi connectivity index (χ3v) is 2.76. The van der Waals surface area contributed by atoms with Crippen LogP contribution in [0.4, 0.5) is 14.5 Å². The monoisotopic (exact) mass is 242 g/mol. The van der Waals surface area contributed by atoms with Gasteiger partial charge in [0, 0.05) is 18.8 Å². The molecule has 1 atom stereocenters. The minimum Gasteiger partial charge on any atom is -0.369 e. The van der Waals surface area contributed by atoms with Gasteiger partial charge in [0.25, 0.3) is 6.43 Å². The van der Waals surface area contributed by atoms with Gasteiger partial charge in [-0.3, -0.25) is 0 Å². The lowest BCUT2D eigenvalue weighted by Crippen LogP contribution is -2.24. The second-order valence-electron chi connectivity index (χ2n) is 4.14. The van der Waals surface area contributed by atoms with Crippen LogP contribution in [0, 0.1) is 0 Å². The minimum atomic E-state index is -2.31. The van der Waals surface area contributed by atoms with Crippen LogP contribution in [0.3, 0.4) is 0 Å². The van der Waals surface area contributed by atoms with Crippen molar-refractivity contribution in [2.45, 2.75) is 26.3 Å². The topological polar surface area (TPSA) is 15.3 Å². The third kappa shape index (κ3) is 4.30. The van der Waals surface area contributed by atoms with E-state index in [-0.39, 0.29) is 12.6 Å². The summed E-state index contributed by atoms with van der Waals surface area (Å²) in [7, 11) is 1.68. The summed E-state index contributed by atoms with van der Waals surface area (Å²) >= 11 is 0. The highest BCUT2D eigenvalue weighted by Gasteiger charge is 2.09. The maximum atomic E-state index is 12.2. The van der Waals surface area contributed by atoms with Gasteiger partial charge in [0.15, 0.2) is 0 Å². The SMILES string of the molecule is CCNC(C)c1ccc(N(C)CC(F)F)cc1. The van der Waals surface area contributed by atoms with E-state index < -0.39 is 6.43 Å². The fourth-order valence-electron chi connectivity index (χ4n) is 1.75. The molecule has 0 aliphatic rings. The Balaban J connectivity index is 2.67. The first-order chi connectivity index (χ1) is 8.04. The molecule has 0 fully saturated rings. The highest BCUT2D eigenvalue weighted by atomic mass is 19.3. The van der Waals surface area contributed by atoms with Crippen molar-refractivity contribution in [3.8, 4) is 0 Å². The molecule has 0 saturated heterocycles. The standard InChI is InChI=1S/C13H20F2N2/c1-4-16-10(2)11-5-7-12(8-6-11)17(3)9-13(14)15/h5-8,10,13,16H,4,9H2,1-3H3. The molecule has 0 amide bonds. The van der Waals surface area contributed by atoms with Crippen molar-refractivity contribution in [2.75, 3.05) is 25.0 Å². The van der Waals surface area contributed by atoms with Gasteiger partial charge in [0.1, 0.15) is 0 Å². The predicted molar refractivity (Wildman–Crippen MR) is 67.8 cm³/mol. The lowest BCUT2D eigenvalue weighted by Gasteiger charge is -2.20. The predicted octanol–water partition coefficient (Wildman–Crippen LogP) is 3.06. The van der Waals surface area contributed by atoms with Crippen molar-refractivity contribution in [3.05, 3.63) is 29.8 Å². The number of alkyl halides is 2. The van der Waals surface area contributed by atoms with Gasteiger partial charge < -0.3 is 10.2 Å². The normalized spacial score (nSPS) is 12.8. The maximum absolute atomic E-state index is 12.2. The number of anilines is 1. The zero-order valence-electron chi connectivity index (χ0n) is 10.6. The quantitative estimate of drug-likeness (QED) is 0.824. The second kappa shape index (κ2) is 6.55. The number of hydrogen-bond donors (Lipinski definition) is 1. The fraction of sp³-hybridized carbons (Fsp3) is 0.538. The van der Waals surface area contributed by atoms with Gasteiger partial charge in [-0.15, -0.1) is 0 Å². The van der Waals surface area contributed by atoms with E-state index in [1.165, 1.54) is 5.56 Å². The van der Waals surface area contributed by atoms with Gasteiger partial charge in [0.05, 0.1) is 6.54 Å². The molecule has 1 aromatic rings. The molecule has 0 aliphatic carbocycles. The molecule has 17 heavy (non-hydrogen) atoms. The molecule has 0 spiro atoms. The lowest BCUT2D eigenvalue weighted by atomic mass is 10.1. The Morgan fingerprint density at radius 1 is 1.24 bits per heavy atom. The second-order valence-corrected chi connectivity index (χ2v) is 4.14. The highest BCUT2D eigenvalue weighted by molar-refractivity contribution is 5.47. The molecule has 1 N–H and O–H groups in total. The van der Waals surface area contributed by atoms with E-state index in [1.54, 1.807) is 11.9 Å². The Morgan fingerprint density at radius 3 is 2.29 bits per heavy atom. The molecule has 0 radical (unpaired) electrons. The van der Waals surface area contributed by atoms with Crippen LogP contribution >= 0.6 is 0 Å². The Kier molecular flexibility index (Phi) is 5.35. The molecule has 0 aromatic heterocycles. The number of hydrogen-bond acceptors (Lipinski definition) is 2. The lowest BCUT2D eigenvalue weighted by molar-refractivity contribution is 0.156. The average Bonchev–Trinajstić information content (AvgIpc) is 2.28. The number of benzene rings is 1. The van der Waals surface area contributed by atoms with Crippen LogP contribution in [0.1, 0.15) is 25.5 Å². The molecule has 1 rings (SSSR count). The number of halogens is 2. The van der Waals surface area contributed by atoms with Gasteiger partial charge in [-0.25, -0.2) is 8.78 Å². The van der Waals surface area contributed by atoms with Crippen LogP contribution in [-0.4, -0.2) is 26.6 Å². The molecule has 1 unspecified atom stereocenters. The van der Waals surface area contributed by atoms with Crippen molar-refractivity contribution < 1.29 is 8.78 Å². The first kappa shape index (κ1) is 13.9. The first-order valence-corrected chi connectivity index (χ1v) is 5.87. The van der Waals surface area contributed by atoms with E-state index in [4.69, 9.17) is 0 Å². The molecule has 1 aromatic carbocycles. The molecule has 0 aliphatic heterocycles. The average molecular weight is 242 g/mol. The zero-order chi connectivity index (χ0) is 12.8. The molecular weight excluding hydrogens is 222 g/mol. The summed E-state index contributed by atoms with van der Waals surface area (Å²) in [5, 5.41) is 3.31. The summed E-state index contributed by atoms with van der Waals surface area (Å²) in [6, 6.07) is 8.00. The molecule has 4 heteroatoms. The van der Waals surface area contributed by atoms with Crippen LogP contribution in [0.5, 0.6) is 0 Å². The van der Waals surface area contributed by atoms with Gasteiger partial charge in [-0.05, 0) is 31.2 Å². The summed E-state index contributed by atoms with van der Waals surface area (Å²) in [6.45, 7) is 4.82. The smallest absolute Gasteiger partial charge is 0.255 e. The number of rotatable bonds is 6. The molecule has 0 bridgehead atoms. The van der Waals surface area contributed by atoms with E-state index in [2.05, 4.69) is 19.2 Å². The van der Waals surface area contributed by atoms with Gasteiger partial charge in [-0.1, -0.05) is 19.1 Å². The van der Waals surface area contributed by atoms with Crippen molar-refractivity contribution in [3.63, 3.8) is 0 Å². The molecular formula is C13H20F2N2. The van der Waals surface area contributed by atoms with Crippen LogP contribution in [0.2, 0.25) is 0 Å². The summed E-state index contributed by atoms with van der Waals surface area (Å²) in [6.07, 6.45) is -2.31. The van der Waals surface area contributed by atoms with E-state index in [0.29, 0.717) is 0 Å². The summed E-state index contributed by atoms with van der Waals surface area (Å²) < 4.78 is 24.5. The zero-order valence-corrected chi connectivity index (χ0v) is 10.6. The Bertz CT molecular complexity index is 325. The Morgan fingerprint density at radius 2 is 1.82 bits per heavy atom. The van der Waals surface area contributed by atoms with E-state index in [9.17, 15) is 8.78 Å². The molecule has 2 nitrogen and oxygen atoms in total. The molecule has 96 valence electrons. The van der Waals surface area contributed by atoms with Crippen molar-refractivity contribution in [2.24, 2.45) is 0 Å². The maximum Gasteiger partial charge on any atom is 0.255 e. The van der Waals surface area contributed by atoms with Crippen LogP contribution < -0.4 is 10.2 Å². The van der Waals surface area contributed by atoms with E-state index in [1.807, 2.05) is 24.3 Å². The Labute approximate surface area is 102 Å². The third-order valence-electron chi connectivity index (χ3n) is 2.76. The van der Waals surface area contributed by atoms with Crippen LogP contribution in [0.25, 0.3) is 0 Å². The summed E-state index contributed by atoms with van der Waals surface area (Å²) in [4.78, 5) is 1.56. The van der Waals surface area contributed by atoms with Crippen molar-refractivity contribution >= 4 is 5.69 Å². The fourth-order valence-corrected chi connectivity index (χ4v) is 1.75. The minimum absolute atomic E-state index is 0.234. The molecule has 0 heterocycles. The van der Waals surface area contributed by atoms with Gasteiger partial charge in [0.2, 0.25) is 0 Å². The largest absolute Gasteiger partial charge is 0.369 e. The van der Waals surface area contributed by atoms with Crippen LogP contribution in [-0.2, 0) is 0 Å². The van der Waals surface area contributed by atoms with Crippen LogP contribution in [0.15, 0.2) is 24.3 Å². The highest BCUT2D eigenvalue weighted by Crippen LogP contribution is 2.18. The van der Waals surface area contributed by atoms with E-state index >= 15 is 0 Å². The van der Waals surface area contributed by atoms with Gasteiger partial charge in [-0.2, -0.15) is 0 Å². The summed E-state index contributed by atoms with van der Waals surface area (Å²) in [5.74, 6) is 0. The number of nitrogens with zero attached hydrogens (tertiary/aromatic N) is 1. The van der Waals surface area contributed by atoms with Crippen molar-refractivity contribution in [1.82, 2.24) is 5.32 Å². The van der Waals surface area contributed by atoms with Crippen molar-refractivity contribution in [1.29, 1.82) is 0 Å². The van der Waals surface area contributed by atoms with Gasteiger partial charge >= 0.3 is 0 Å². The van der Waals surface area contributed by atoms with E-state index in [0.717, 1.165) is 12.2 Å². The molecule has 0 saturated carbocycles. The number of nitrogens with one attached hydrogen (secondary N) is 1. The first-order valence-electron chi connectivity index (χ1n) is 5.87. The summed E-state index contributed by atoms with van der Waals surface area (Å²) in [5.41, 5.74) is 1.98.